The van der Waals surface area contributed by atoms with Crippen molar-refractivity contribution in [2.45, 2.75) is 51.0 Å². The van der Waals surface area contributed by atoms with E-state index in [4.69, 9.17) is 0 Å². The van der Waals surface area contributed by atoms with E-state index in [-0.39, 0.29) is 10.5 Å². The molecule has 23 heavy (non-hydrogen) atoms. The van der Waals surface area contributed by atoms with E-state index in [1.165, 1.54) is 0 Å². The summed E-state index contributed by atoms with van der Waals surface area (Å²) < 4.78 is 35.3. The minimum Gasteiger partial charge on any atom is -0.357 e. The number of sulfone groups is 1. The highest BCUT2D eigenvalue weighted by Crippen LogP contribution is 2.23. The number of nitrogens with one attached hydrogen (secondary N) is 1. The first-order valence-corrected chi connectivity index (χ1v) is 11.0. The summed E-state index contributed by atoms with van der Waals surface area (Å²) in [5, 5.41) is 3.21. The van der Waals surface area contributed by atoms with Crippen LogP contribution in [-0.4, -0.2) is 70.7 Å². The standard InChI is InChI=1S/C15H31N3O3S2/c1-7-16-13(17-8-10-22(19)14(2,3)4)18-9-11-23(20,21)15(5,6)12-18/h7-12H2,1-6H3,(H,16,17). The quantitative estimate of drug-likeness (QED) is 0.594. The fourth-order valence-electron chi connectivity index (χ4n) is 2.29. The van der Waals surface area contributed by atoms with E-state index in [1.807, 2.05) is 32.6 Å². The van der Waals surface area contributed by atoms with Crippen LogP contribution >= 0.6 is 0 Å². The second-order valence-electron chi connectivity index (χ2n) is 7.40. The minimum absolute atomic E-state index is 0.137. The molecular formula is C15H31N3O3S2. The summed E-state index contributed by atoms with van der Waals surface area (Å²) in [5.41, 5.74) is 0. The summed E-state index contributed by atoms with van der Waals surface area (Å²) in [4.78, 5) is 6.54. The van der Waals surface area contributed by atoms with Crippen molar-refractivity contribution in [3.63, 3.8) is 0 Å². The molecule has 1 aliphatic rings. The summed E-state index contributed by atoms with van der Waals surface area (Å²) in [5.74, 6) is 1.35. The highest BCUT2D eigenvalue weighted by atomic mass is 32.2. The van der Waals surface area contributed by atoms with Gasteiger partial charge in [0.25, 0.3) is 0 Å². The van der Waals surface area contributed by atoms with Gasteiger partial charge in [0.05, 0.1) is 17.0 Å². The van der Waals surface area contributed by atoms with Crippen LogP contribution in [0.15, 0.2) is 4.99 Å². The van der Waals surface area contributed by atoms with Crippen LogP contribution in [0.4, 0.5) is 0 Å². The van der Waals surface area contributed by atoms with Crippen LogP contribution in [0.1, 0.15) is 41.5 Å². The van der Waals surface area contributed by atoms with Crippen LogP contribution in [0.5, 0.6) is 0 Å². The van der Waals surface area contributed by atoms with Gasteiger partial charge in [0.15, 0.2) is 15.8 Å². The van der Waals surface area contributed by atoms with E-state index in [9.17, 15) is 12.6 Å². The van der Waals surface area contributed by atoms with Gasteiger partial charge in [0.1, 0.15) is 0 Å². The fraction of sp³-hybridized carbons (Fsp3) is 0.933. The first-order valence-electron chi connectivity index (χ1n) is 8.05. The first kappa shape index (κ1) is 20.4. The van der Waals surface area contributed by atoms with Gasteiger partial charge in [0, 0.05) is 40.9 Å². The van der Waals surface area contributed by atoms with Crippen molar-refractivity contribution < 1.29 is 12.6 Å². The Hall–Kier alpha value is -0.630. The van der Waals surface area contributed by atoms with Crippen LogP contribution < -0.4 is 5.32 Å². The third-order valence-corrected chi connectivity index (χ3v) is 8.35. The predicted molar refractivity (Wildman–Crippen MR) is 98.2 cm³/mol. The number of hydrogen-bond acceptors (Lipinski definition) is 4. The van der Waals surface area contributed by atoms with E-state index in [0.717, 1.165) is 0 Å². The molecule has 6 nitrogen and oxygen atoms in total. The Morgan fingerprint density at radius 1 is 1.35 bits per heavy atom. The van der Waals surface area contributed by atoms with Crippen LogP contribution in [-0.2, 0) is 20.6 Å². The largest absolute Gasteiger partial charge is 0.357 e. The number of nitrogens with zero attached hydrogens (tertiary/aromatic N) is 2. The van der Waals surface area contributed by atoms with Crippen molar-refractivity contribution in [2.24, 2.45) is 4.99 Å². The van der Waals surface area contributed by atoms with Crippen molar-refractivity contribution in [3.8, 4) is 0 Å². The Morgan fingerprint density at radius 3 is 2.43 bits per heavy atom. The highest BCUT2D eigenvalue weighted by Gasteiger charge is 2.40. The molecule has 1 N–H and O–H groups in total. The summed E-state index contributed by atoms with van der Waals surface area (Å²) in [7, 11) is -4.01. The predicted octanol–water partition coefficient (Wildman–Crippen LogP) is 1.01. The Bertz CT molecular complexity index is 563. The lowest BCUT2D eigenvalue weighted by atomic mass is 10.2. The molecule has 0 bridgehead atoms. The molecule has 0 aromatic rings. The first-order chi connectivity index (χ1) is 10.4. The van der Waals surface area contributed by atoms with Gasteiger partial charge in [-0.1, -0.05) is 0 Å². The van der Waals surface area contributed by atoms with E-state index < -0.39 is 25.4 Å². The average Bonchev–Trinajstić information content (AvgIpc) is 2.40. The van der Waals surface area contributed by atoms with Gasteiger partial charge in [-0.3, -0.25) is 9.20 Å². The van der Waals surface area contributed by atoms with Gasteiger partial charge in [0.2, 0.25) is 0 Å². The highest BCUT2D eigenvalue weighted by molar-refractivity contribution is 7.92. The van der Waals surface area contributed by atoms with Crippen molar-refractivity contribution >= 4 is 26.6 Å². The summed E-state index contributed by atoms with van der Waals surface area (Å²) in [6.07, 6.45) is 0. The van der Waals surface area contributed by atoms with E-state index >= 15 is 0 Å². The molecule has 1 fully saturated rings. The van der Waals surface area contributed by atoms with Gasteiger partial charge in [-0.2, -0.15) is 0 Å². The van der Waals surface area contributed by atoms with Crippen LogP contribution in [0, 0.1) is 0 Å². The molecule has 1 rings (SSSR count). The molecule has 0 aromatic heterocycles. The maximum absolute atomic E-state index is 12.1. The van der Waals surface area contributed by atoms with Crippen molar-refractivity contribution in [3.05, 3.63) is 0 Å². The zero-order valence-corrected chi connectivity index (χ0v) is 16.8. The molecule has 1 atom stereocenters. The summed E-state index contributed by atoms with van der Waals surface area (Å²) in [6, 6.07) is 0. The maximum Gasteiger partial charge on any atom is 0.194 e. The van der Waals surface area contributed by atoms with E-state index in [1.54, 1.807) is 13.8 Å². The zero-order chi connectivity index (χ0) is 17.9. The number of hydrogen-bond donors (Lipinski definition) is 1. The molecule has 1 heterocycles. The molecule has 1 saturated heterocycles. The SMILES string of the molecule is CCNC(=NCCS(=O)C(C)(C)C)N1CCS(=O)(=O)C(C)(C)C1. The van der Waals surface area contributed by atoms with Crippen molar-refractivity contribution in [2.75, 3.05) is 37.7 Å². The Morgan fingerprint density at radius 2 is 1.96 bits per heavy atom. The molecular weight excluding hydrogens is 334 g/mol. The molecule has 0 spiro atoms. The third kappa shape index (κ3) is 5.45. The molecule has 136 valence electrons. The van der Waals surface area contributed by atoms with Gasteiger partial charge < -0.3 is 10.2 Å². The lowest BCUT2D eigenvalue weighted by Gasteiger charge is -2.39. The van der Waals surface area contributed by atoms with Crippen molar-refractivity contribution in [1.29, 1.82) is 0 Å². The lowest BCUT2D eigenvalue weighted by Crippen LogP contribution is -2.57. The second kappa shape index (κ2) is 7.51. The monoisotopic (exact) mass is 365 g/mol. The normalized spacial score (nSPS) is 22.7. The molecule has 0 amide bonds. The van der Waals surface area contributed by atoms with E-state index in [0.29, 0.717) is 37.9 Å². The van der Waals surface area contributed by atoms with Gasteiger partial charge in [-0.25, -0.2) is 8.42 Å². The Balaban J connectivity index is 2.79. The van der Waals surface area contributed by atoms with Crippen LogP contribution in [0.3, 0.4) is 0 Å². The Labute approximate surface area is 143 Å². The van der Waals surface area contributed by atoms with Crippen LogP contribution in [0.2, 0.25) is 0 Å². The third-order valence-electron chi connectivity index (χ3n) is 3.90. The maximum atomic E-state index is 12.1. The second-order valence-corrected chi connectivity index (χ2v) is 12.5. The topological polar surface area (TPSA) is 78.8 Å². The molecule has 1 unspecified atom stereocenters. The summed E-state index contributed by atoms with van der Waals surface area (Å²) in [6.45, 7) is 13.4. The lowest BCUT2D eigenvalue weighted by molar-refractivity contribution is 0.353. The van der Waals surface area contributed by atoms with Crippen molar-refractivity contribution in [1.82, 2.24) is 10.2 Å². The van der Waals surface area contributed by atoms with Gasteiger partial charge in [-0.05, 0) is 41.5 Å². The number of rotatable bonds is 4. The molecule has 0 radical (unpaired) electrons. The van der Waals surface area contributed by atoms with Gasteiger partial charge in [-0.15, -0.1) is 0 Å². The van der Waals surface area contributed by atoms with Gasteiger partial charge >= 0.3 is 0 Å². The van der Waals surface area contributed by atoms with Crippen LogP contribution in [0.25, 0.3) is 0 Å². The molecule has 8 heteroatoms. The summed E-state index contributed by atoms with van der Waals surface area (Å²) >= 11 is 0. The number of guanidine groups is 1. The molecule has 1 aliphatic heterocycles. The molecule has 0 saturated carbocycles. The Kier molecular flexibility index (Phi) is 6.66. The fourth-order valence-corrected chi connectivity index (χ4v) is 4.53. The average molecular weight is 366 g/mol. The smallest absolute Gasteiger partial charge is 0.194 e. The minimum atomic E-state index is -3.07. The molecule has 0 aliphatic carbocycles. The number of aliphatic imine (C=N–C) groups is 1. The van der Waals surface area contributed by atoms with E-state index in [2.05, 4.69) is 10.3 Å². The zero-order valence-electron chi connectivity index (χ0n) is 15.2. The molecule has 0 aromatic carbocycles.